The molecule has 0 radical (unpaired) electrons. The SMILES string of the molecule is COC(=O)c1cc2nc3n(c2cc1S(C)(=O)=O)CCN(c1ncc(C(F)(F)F)c(C)n1)[C@@H]3C(C)C. The van der Waals surface area contributed by atoms with Crippen LogP contribution < -0.4 is 4.90 Å². The average molecular weight is 512 g/mol. The third kappa shape index (κ3) is 4.32. The zero-order chi connectivity index (χ0) is 25.9. The van der Waals surface area contributed by atoms with Crippen molar-refractivity contribution in [2.45, 2.75) is 44.4 Å². The summed E-state index contributed by atoms with van der Waals surface area (Å²) in [4.78, 5) is 26.8. The topological polar surface area (TPSA) is 107 Å². The van der Waals surface area contributed by atoms with E-state index in [4.69, 9.17) is 9.72 Å². The van der Waals surface area contributed by atoms with Gasteiger partial charge in [-0.15, -0.1) is 0 Å². The molecule has 9 nitrogen and oxygen atoms in total. The molecule has 35 heavy (non-hydrogen) atoms. The zero-order valence-corrected chi connectivity index (χ0v) is 20.5. The van der Waals surface area contributed by atoms with E-state index in [1.807, 2.05) is 18.4 Å². The quantitative estimate of drug-likeness (QED) is 0.490. The van der Waals surface area contributed by atoms with Crippen LogP contribution in [0.4, 0.5) is 19.1 Å². The van der Waals surface area contributed by atoms with E-state index in [1.165, 1.54) is 19.1 Å². The Morgan fingerprint density at radius 1 is 1.20 bits per heavy atom. The van der Waals surface area contributed by atoms with Gasteiger partial charge in [-0.2, -0.15) is 13.2 Å². The van der Waals surface area contributed by atoms with E-state index in [0.717, 1.165) is 19.6 Å². The van der Waals surface area contributed by atoms with E-state index >= 15 is 0 Å². The van der Waals surface area contributed by atoms with Gasteiger partial charge in [-0.25, -0.2) is 28.2 Å². The largest absolute Gasteiger partial charge is 0.465 e. The van der Waals surface area contributed by atoms with Crippen molar-refractivity contribution in [1.29, 1.82) is 0 Å². The van der Waals surface area contributed by atoms with Crippen LogP contribution in [0.2, 0.25) is 0 Å². The Bertz CT molecular complexity index is 1430. The highest BCUT2D eigenvalue weighted by Gasteiger charge is 2.37. The number of anilines is 1. The number of aromatic nitrogens is 4. The molecule has 0 spiro atoms. The molecule has 0 N–H and O–H groups in total. The Balaban J connectivity index is 1.87. The van der Waals surface area contributed by atoms with E-state index in [0.29, 0.717) is 29.9 Å². The minimum atomic E-state index is -4.55. The molecule has 4 rings (SSSR count). The Morgan fingerprint density at radius 2 is 1.89 bits per heavy atom. The van der Waals surface area contributed by atoms with Crippen molar-refractivity contribution in [3.05, 3.63) is 41.0 Å². The molecule has 1 aliphatic rings. The monoisotopic (exact) mass is 511 g/mol. The van der Waals surface area contributed by atoms with Crippen LogP contribution in [0.15, 0.2) is 23.2 Å². The molecule has 0 saturated heterocycles. The first-order valence-electron chi connectivity index (χ1n) is 10.7. The lowest BCUT2D eigenvalue weighted by Crippen LogP contribution is -2.42. The summed E-state index contributed by atoms with van der Waals surface area (Å²) < 4.78 is 71.0. The lowest BCUT2D eigenvalue weighted by atomic mass is 10.00. The number of nitrogens with zero attached hydrogens (tertiary/aromatic N) is 5. The summed E-state index contributed by atoms with van der Waals surface area (Å²) in [6.07, 6.45) is -2.75. The van der Waals surface area contributed by atoms with Crippen LogP contribution in [0, 0.1) is 12.8 Å². The van der Waals surface area contributed by atoms with Gasteiger partial charge in [-0.05, 0) is 25.0 Å². The van der Waals surface area contributed by atoms with E-state index in [-0.39, 0.29) is 28.0 Å². The van der Waals surface area contributed by atoms with E-state index < -0.39 is 33.6 Å². The first kappa shape index (κ1) is 24.9. The van der Waals surface area contributed by atoms with Crippen molar-refractivity contribution < 1.29 is 31.1 Å². The average Bonchev–Trinajstić information content (AvgIpc) is 3.12. The Morgan fingerprint density at radius 3 is 2.43 bits per heavy atom. The van der Waals surface area contributed by atoms with Crippen LogP contribution in [0.25, 0.3) is 11.0 Å². The highest BCUT2D eigenvalue weighted by molar-refractivity contribution is 7.90. The molecule has 1 aliphatic heterocycles. The fraction of sp³-hybridized carbons (Fsp3) is 0.455. The summed E-state index contributed by atoms with van der Waals surface area (Å²) >= 11 is 0. The van der Waals surface area contributed by atoms with Crippen molar-refractivity contribution in [1.82, 2.24) is 19.5 Å². The lowest BCUT2D eigenvalue weighted by molar-refractivity contribution is -0.138. The predicted molar refractivity (Wildman–Crippen MR) is 121 cm³/mol. The number of ether oxygens (including phenoxy) is 1. The van der Waals surface area contributed by atoms with Gasteiger partial charge in [0.25, 0.3) is 0 Å². The van der Waals surface area contributed by atoms with Crippen LogP contribution in [0.1, 0.15) is 47.3 Å². The van der Waals surface area contributed by atoms with Gasteiger partial charge < -0.3 is 14.2 Å². The summed E-state index contributed by atoms with van der Waals surface area (Å²) in [7, 11) is -2.59. The molecule has 2 aromatic heterocycles. The van der Waals surface area contributed by atoms with Crippen molar-refractivity contribution in [2.24, 2.45) is 5.92 Å². The smallest absolute Gasteiger partial charge is 0.419 e. The number of hydrogen-bond acceptors (Lipinski definition) is 8. The molecule has 0 aliphatic carbocycles. The second-order valence-electron chi connectivity index (χ2n) is 8.77. The minimum Gasteiger partial charge on any atom is -0.465 e. The molecule has 1 atom stereocenters. The van der Waals surface area contributed by atoms with E-state index in [1.54, 1.807) is 4.90 Å². The molecular weight excluding hydrogens is 487 g/mol. The number of carbonyl (C=O) groups is 1. The molecule has 13 heteroatoms. The fourth-order valence-electron chi connectivity index (χ4n) is 4.45. The van der Waals surface area contributed by atoms with Crippen LogP contribution in [0.5, 0.6) is 0 Å². The molecular formula is C22H24F3N5O4S. The first-order chi connectivity index (χ1) is 16.2. The lowest BCUT2D eigenvalue weighted by Gasteiger charge is -2.38. The molecule has 3 heterocycles. The molecule has 0 fully saturated rings. The van der Waals surface area contributed by atoms with Gasteiger partial charge in [0.1, 0.15) is 5.82 Å². The number of rotatable bonds is 4. The molecule has 0 amide bonds. The number of halogens is 3. The standard InChI is InChI=1S/C22H24F3N5O4S/c1-11(2)18-19-28-15-8-13(20(31)34-4)17(35(5,32)33)9-16(15)29(19)6-7-30(18)21-26-10-14(12(3)27-21)22(23,24)25/h8-11,18H,6-7H2,1-5H3/t18-/m1/s1. The first-order valence-corrected chi connectivity index (χ1v) is 12.6. The van der Waals surface area contributed by atoms with Crippen molar-refractivity contribution in [3.63, 3.8) is 0 Å². The summed E-state index contributed by atoms with van der Waals surface area (Å²) in [5.74, 6) is -0.121. The number of aryl methyl sites for hydroxylation is 1. The highest BCUT2D eigenvalue weighted by atomic mass is 32.2. The number of imidazole rings is 1. The van der Waals surface area contributed by atoms with Crippen LogP contribution >= 0.6 is 0 Å². The fourth-order valence-corrected chi connectivity index (χ4v) is 5.32. The molecule has 188 valence electrons. The summed E-state index contributed by atoms with van der Waals surface area (Å²) in [5.41, 5.74) is -0.245. The normalized spacial score (nSPS) is 16.6. The van der Waals surface area contributed by atoms with Crippen molar-refractivity contribution in [2.75, 3.05) is 24.8 Å². The Labute approximate surface area is 199 Å². The maximum atomic E-state index is 13.2. The van der Waals surface area contributed by atoms with Crippen LogP contribution in [-0.4, -0.2) is 53.8 Å². The number of methoxy groups -OCH3 is 1. The third-order valence-electron chi connectivity index (χ3n) is 6.01. The highest BCUT2D eigenvalue weighted by Crippen LogP contribution is 2.38. The number of benzene rings is 1. The molecule has 0 bridgehead atoms. The van der Waals surface area contributed by atoms with Crippen LogP contribution in [0.3, 0.4) is 0 Å². The van der Waals surface area contributed by atoms with E-state index in [9.17, 15) is 26.4 Å². The molecule has 3 aromatic rings. The van der Waals surface area contributed by atoms with Crippen molar-refractivity contribution >= 4 is 32.8 Å². The van der Waals surface area contributed by atoms with Gasteiger partial charge >= 0.3 is 12.1 Å². The number of carbonyl (C=O) groups excluding carboxylic acids is 1. The van der Waals surface area contributed by atoms with Gasteiger partial charge in [0.05, 0.1) is 45.9 Å². The third-order valence-corrected chi connectivity index (χ3v) is 7.15. The minimum absolute atomic E-state index is 0.0495. The summed E-state index contributed by atoms with van der Waals surface area (Å²) in [6.45, 7) is 5.88. The van der Waals surface area contributed by atoms with Gasteiger partial charge in [-0.3, -0.25) is 0 Å². The van der Waals surface area contributed by atoms with Crippen LogP contribution in [-0.2, 0) is 27.3 Å². The number of sulfone groups is 1. The van der Waals surface area contributed by atoms with Crippen molar-refractivity contribution in [3.8, 4) is 0 Å². The number of esters is 1. The summed E-state index contributed by atoms with van der Waals surface area (Å²) in [5, 5.41) is 0. The predicted octanol–water partition coefficient (Wildman–Crippen LogP) is 3.56. The molecule has 0 unspecified atom stereocenters. The maximum absolute atomic E-state index is 13.2. The molecule has 0 saturated carbocycles. The van der Waals surface area contributed by atoms with Gasteiger partial charge in [0, 0.05) is 25.5 Å². The second-order valence-corrected chi connectivity index (χ2v) is 10.8. The van der Waals surface area contributed by atoms with Gasteiger partial charge in [0.15, 0.2) is 9.84 Å². The number of fused-ring (bicyclic) bond motifs is 3. The number of alkyl halides is 3. The molecule has 1 aromatic carbocycles. The Kier molecular flexibility index (Phi) is 6.02. The summed E-state index contributed by atoms with van der Waals surface area (Å²) in [6, 6.07) is 2.40. The maximum Gasteiger partial charge on any atom is 0.419 e. The Hall–Kier alpha value is -3.22. The van der Waals surface area contributed by atoms with Gasteiger partial charge in [-0.1, -0.05) is 13.8 Å². The zero-order valence-electron chi connectivity index (χ0n) is 19.7. The van der Waals surface area contributed by atoms with E-state index in [2.05, 4.69) is 9.97 Å². The second kappa shape index (κ2) is 8.47. The van der Waals surface area contributed by atoms with Gasteiger partial charge in [0.2, 0.25) is 5.95 Å². The number of hydrogen-bond donors (Lipinski definition) is 0.